The fourth-order valence-corrected chi connectivity index (χ4v) is 4.51. The van der Waals surface area contributed by atoms with Gasteiger partial charge in [0.25, 0.3) is 5.91 Å². The molecule has 3 rings (SSSR count). The number of benzene rings is 1. The van der Waals surface area contributed by atoms with Gasteiger partial charge in [-0.2, -0.15) is 0 Å². The average molecular weight is 606 g/mol. The van der Waals surface area contributed by atoms with Crippen molar-refractivity contribution in [2.45, 2.75) is 66.5 Å². The largest absolute Gasteiger partial charge is 0.496 e. The van der Waals surface area contributed by atoms with Gasteiger partial charge in [-0.15, -0.1) is 17.0 Å². The second-order valence-corrected chi connectivity index (χ2v) is 10.4. The minimum absolute atomic E-state index is 0. The number of amides is 1. The molecule has 1 amide bonds. The van der Waals surface area contributed by atoms with E-state index in [0.29, 0.717) is 35.9 Å². The Balaban J connectivity index is 0.00000533. The Morgan fingerprint density at radius 1 is 1.21 bits per heavy atom. The number of hydrogen-bond donors (Lipinski definition) is 3. The number of methoxy groups -OCH3 is 1. The quantitative estimate of drug-likeness (QED) is 0.361. The SMILES string of the molecule is Br.CCOc1c(C)nc2c(c1C)CN(CC(=O)c1cc(C(=O)NC(C)C(=O)O)c(OC)c(C(C)(C)C)c1)C2=N. The van der Waals surface area contributed by atoms with Crippen molar-refractivity contribution in [3.63, 3.8) is 0 Å². The highest BCUT2D eigenvalue weighted by Crippen LogP contribution is 2.36. The first-order chi connectivity index (χ1) is 17.7. The van der Waals surface area contributed by atoms with Crippen LogP contribution in [0.1, 0.15) is 83.4 Å². The number of pyridine rings is 1. The molecule has 0 spiro atoms. The zero-order valence-corrected chi connectivity index (χ0v) is 25.4. The molecule has 1 aliphatic heterocycles. The highest BCUT2D eigenvalue weighted by atomic mass is 79.9. The number of Topliss-reactive ketones (excluding diaryl/α,β-unsaturated/α-hetero) is 1. The van der Waals surface area contributed by atoms with Gasteiger partial charge < -0.3 is 24.8 Å². The number of ether oxygens (including phenoxy) is 2. The summed E-state index contributed by atoms with van der Waals surface area (Å²) >= 11 is 0. The van der Waals surface area contributed by atoms with Crippen molar-refractivity contribution in [2.24, 2.45) is 0 Å². The average Bonchev–Trinajstić information content (AvgIpc) is 3.15. The van der Waals surface area contributed by atoms with Gasteiger partial charge in [0.2, 0.25) is 0 Å². The number of carboxylic acids is 1. The third-order valence-electron chi connectivity index (χ3n) is 6.59. The second kappa shape index (κ2) is 12.1. The lowest BCUT2D eigenvalue weighted by Crippen LogP contribution is -2.38. The first-order valence-corrected chi connectivity index (χ1v) is 12.5. The number of carbonyl (C=O) groups is 3. The van der Waals surface area contributed by atoms with E-state index < -0.39 is 23.3 Å². The number of halogens is 1. The summed E-state index contributed by atoms with van der Waals surface area (Å²) in [5.41, 5.74) is 3.47. The molecule has 10 nitrogen and oxygen atoms in total. The molecule has 2 aromatic rings. The lowest BCUT2D eigenvalue weighted by atomic mass is 9.83. The number of amidine groups is 1. The number of carbonyl (C=O) groups excluding carboxylic acids is 2. The van der Waals surface area contributed by atoms with E-state index >= 15 is 0 Å². The third kappa shape index (κ3) is 6.41. The Kier molecular flexibility index (Phi) is 9.89. The fraction of sp³-hybridized carbons (Fsp3) is 0.464. The topological polar surface area (TPSA) is 142 Å². The Morgan fingerprint density at radius 3 is 2.38 bits per heavy atom. The molecule has 1 unspecified atom stereocenters. The monoisotopic (exact) mass is 604 g/mol. The predicted molar refractivity (Wildman–Crippen MR) is 153 cm³/mol. The molecule has 212 valence electrons. The Hall–Kier alpha value is -3.47. The maximum absolute atomic E-state index is 13.6. The normalized spacial score (nSPS) is 13.3. The molecule has 0 bridgehead atoms. The summed E-state index contributed by atoms with van der Waals surface area (Å²) < 4.78 is 11.3. The van der Waals surface area contributed by atoms with E-state index in [1.54, 1.807) is 11.0 Å². The van der Waals surface area contributed by atoms with E-state index in [0.717, 1.165) is 11.1 Å². The van der Waals surface area contributed by atoms with Crippen molar-refractivity contribution in [3.8, 4) is 11.5 Å². The molecule has 1 atom stereocenters. The predicted octanol–water partition coefficient (Wildman–Crippen LogP) is 4.21. The number of carboxylic acid groups (broad SMARTS) is 1. The fourth-order valence-electron chi connectivity index (χ4n) is 4.51. The van der Waals surface area contributed by atoms with E-state index in [-0.39, 0.29) is 52.0 Å². The van der Waals surface area contributed by atoms with Gasteiger partial charge >= 0.3 is 5.97 Å². The molecule has 1 aromatic carbocycles. The summed E-state index contributed by atoms with van der Waals surface area (Å²) in [7, 11) is 1.43. The Labute approximate surface area is 239 Å². The van der Waals surface area contributed by atoms with Gasteiger partial charge in [-0.1, -0.05) is 20.8 Å². The standard InChI is InChI=1S/C28H36N4O6.BrH/c1-9-38-23-14(2)19-12-32(25(29)22(19)30-15(23)3)13-21(33)17-10-18(26(34)31-16(4)27(35)36)24(37-8)20(11-17)28(5,6)7;/h10-11,16,29H,9,12-13H2,1-8H3,(H,31,34)(H,35,36);1H. The lowest BCUT2D eigenvalue weighted by Gasteiger charge is -2.25. The molecule has 11 heteroatoms. The van der Waals surface area contributed by atoms with Crippen molar-refractivity contribution in [1.82, 2.24) is 15.2 Å². The molecule has 39 heavy (non-hydrogen) atoms. The molecule has 1 aliphatic rings. The number of nitrogens with one attached hydrogen (secondary N) is 2. The summed E-state index contributed by atoms with van der Waals surface area (Å²) in [5, 5.41) is 20.3. The first-order valence-electron chi connectivity index (χ1n) is 12.5. The molecule has 0 radical (unpaired) electrons. The van der Waals surface area contributed by atoms with Crippen molar-refractivity contribution >= 4 is 40.5 Å². The summed E-state index contributed by atoms with van der Waals surface area (Å²) in [6.07, 6.45) is 0. The Morgan fingerprint density at radius 2 is 1.85 bits per heavy atom. The molecular formula is C28H37BrN4O6. The highest BCUT2D eigenvalue weighted by Gasteiger charge is 2.33. The Bertz CT molecular complexity index is 1320. The zero-order chi connectivity index (χ0) is 28.5. The van der Waals surface area contributed by atoms with Crippen LogP contribution in [0.2, 0.25) is 0 Å². The van der Waals surface area contributed by atoms with Crippen LogP contribution < -0.4 is 14.8 Å². The van der Waals surface area contributed by atoms with Gasteiger partial charge in [0.15, 0.2) is 5.78 Å². The highest BCUT2D eigenvalue weighted by molar-refractivity contribution is 8.93. The molecule has 0 fully saturated rings. The number of ketones is 1. The second-order valence-electron chi connectivity index (χ2n) is 10.4. The zero-order valence-electron chi connectivity index (χ0n) is 23.6. The number of aliphatic carboxylic acids is 1. The van der Waals surface area contributed by atoms with E-state index in [1.165, 1.54) is 20.1 Å². The van der Waals surface area contributed by atoms with Crippen LogP contribution in [-0.4, -0.2) is 64.8 Å². The number of rotatable bonds is 9. The van der Waals surface area contributed by atoms with Crippen LogP contribution in [0.25, 0.3) is 0 Å². The molecule has 1 aromatic heterocycles. The minimum atomic E-state index is -1.18. The van der Waals surface area contributed by atoms with E-state index in [1.807, 2.05) is 41.5 Å². The van der Waals surface area contributed by atoms with Crippen molar-refractivity contribution in [3.05, 3.63) is 51.3 Å². The number of hydrogen-bond acceptors (Lipinski definition) is 7. The number of nitrogens with zero attached hydrogens (tertiary/aromatic N) is 2. The van der Waals surface area contributed by atoms with Crippen LogP contribution >= 0.6 is 17.0 Å². The van der Waals surface area contributed by atoms with Gasteiger partial charge in [-0.3, -0.25) is 19.8 Å². The summed E-state index contributed by atoms with van der Waals surface area (Å²) in [6, 6.07) is 1.99. The van der Waals surface area contributed by atoms with Gasteiger partial charge in [-0.25, -0.2) is 4.98 Å². The van der Waals surface area contributed by atoms with Crippen molar-refractivity contribution < 1.29 is 29.0 Å². The minimum Gasteiger partial charge on any atom is -0.496 e. The van der Waals surface area contributed by atoms with Crippen LogP contribution in [0.15, 0.2) is 12.1 Å². The van der Waals surface area contributed by atoms with Gasteiger partial charge in [0.05, 0.1) is 31.5 Å². The molecule has 0 saturated heterocycles. The maximum Gasteiger partial charge on any atom is 0.325 e. The van der Waals surface area contributed by atoms with Crippen LogP contribution in [0.4, 0.5) is 0 Å². The number of aryl methyl sites for hydroxylation is 1. The van der Waals surface area contributed by atoms with Crippen molar-refractivity contribution in [1.29, 1.82) is 5.41 Å². The van der Waals surface area contributed by atoms with Crippen LogP contribution in [0.3, 0.4) is 0 Å². The number of fused-ring (bicyclic) bond motifs is 1. The van der Waals surface area contributed by atoms with Crippen LogP contribution in [-0.2, 0) is 16.8 Å². The molecule has 2 heterocycles. The maximum atomic E-state index is 13.6. The molecule has 0 aliphatic carbocycles. The third-order valence-corrected chi connectivity index (χ3v) is 6.59. The summed E-state index contributed by atoms with van der Waals surface area (Å²) in [6.45, 7) is 13.6. The van der Waals surface area contributed by atoms with E-state index in [2.05, 4.69) is 10.3 Å². The van der Waals surface area contributed by atoms with Gasteiger partial charge in [0, 0.05) is 28.8 Å². The van der Waals surface area contributed by atoms with Gasteiger partial charge in [0.1, 0.15) is 29.1 Å². The molecule has 0 saturated carbocycles. The lowest BCUT2D eigenvalue weighted by molar-refractivity contribution is -0.138. The number of aromatic nitrogens is 1. The van der Waals surface area contributed by atoms with E-state index in [4.69, 9.17) is 14.9 Å². The van der Waals surface area contributed by atoms with Crippen LogP contribution in [0.5, 0.6) is 11.5 Å². The molecule has 3 N–H and O–H groups in total. The first kappa shape index (κ1) is 31.7. The van der Waals surface area contributed by atoms with E-state index in [9.17, 15) is 19.5 Å². The smallest absolute Gasteiger partial charge is 0.325 e. The molecular weight excluding hydrogens is 568 g/mol. The van der Waals surface area contributed by atoms with Crippen LogP contribution in [0, 0.1) is 19.3 Å². The van der Waals surface area contributed by atoms with Crippen molar-refractivity contribution in [2.75, 3.05) is 20.3 Å². The summed E-state index contributed by atoms with van der Waals surface area (Å²) in [4.78, 5) is 44.1. The van der Waals surface area contributed by atoms with Gasteiger partial charge in [-0.05, 0) is 45.2 Å². The summed E-state index contributed by atoms with van der Waals surface area (Å²) in [5.74, 6) is -1.00.